The number of Topliss-reactive ketones (excluding diaryl/α,β-unsaturated/α-hetero) is 2. The number of nitro groups is 4. The van der Waals surface area contributed by atoms with Crippen LogP contribution in [0, 0.1) is 52.3 Å². The van der Waals surface area contributed by atoms with Crippen molar-refractivity contribution < 1.29 is 49.1 Å². The molecule has 1 fully saturated rings. The lowest BCUT2D eigenvalue weighted by Gasteiger charge is -2.09. The summed E-state index contributed by atoms with van der Waals surface area (Å²) in [7, 11) is 0. The Labute approximate surface area is 272 Å². The molecule has 0 spiro atoms. The minimum absolute atomic E-state index is 0.0325. The van der Waals surface area contributed by atoms with Crippen LogP contribution in [0.4, 0.5) is 22.7 Å². The summed E-state index contributed by atoms with van der Waals surface area (Å²) >= 11 is 0. The normalized spacial score (nSPS) is 16.8. The number of hydrogen-bond acceptors (Lipinski definition) is 14. The number of aliphatic hydroxyl groups is 2. The van der Waals surface area contributed by atoms with Gasteiger partial charge < -0.3 is 19.8 Å². The number of ketones is 2. The van der Waals surface area contributed by atoms with Gasteiger partial charge in [-0.3, -0.25) is 50.0 Å². The van der Waals surface area contributed by atoms with Crippen molar-refractivity contribution in [2.45, 2.75) is 76.4 Å². The lowest BCUT2D eigenvalue weighted by Crippen LogP contribution is -2.17. The van der Waals surface area contributed by atoms with E-state index in [1.165, 1.54) is 24.3 Å². The van der Waals surface area contributed by atoms with Gasteiger partial charge in [-0.15, -0.1) is 0 Å². The Morgan fingerprint density at radius 3 is 1.50 bits per heavy atom. The number of nitro benzene ring substituents is 4. The third kappa shape index (κ3) is 11.5. The summed E-state index contributed by atoms with van der Waals surface area (Å²) in [5.74, 6) is -1.39. The fourth-order valence-electron chi connectivity index (χ4n) is 5.26. The van der Waals surface area contributed by atoms with E-state index < -0.39 is 37.8 Å². The molecule has 18 heteroatoms. The molecule has 258 valence electrons. The molecule has 0 radical (unpaired) electrons. The summed E-state index contributed by atoms with van der Waals surface area (Å²) in [4.78, 5) is 85.6. The molecule has 1 saturated carbocycles. The van der Waals surface area contributed by atoms with E-state index in [4.69, 9.17) is 0 Å². The fraction of sp³-hybridized carbons (Fsp3) is 0.467. The van der Waals surface area contributed by atoms with Gasteiger partial charge in [0.2, 0.25) is 0 Å². The Balaban J connectivity index is 0.000000333. The molecule has 2 aromatic carbocycles. The van der Waals surface area contributed by atoms with Gasteiger partial charge in [-0.2, -0.15) is 0 Å². The number of carbonyl (C=O) groups excluding carboxylic acids is 4. The van der Waals surface area contributed by atoms with Gasteiger partial charge in [0.15, 0.2) is 0 Å². The number of rotatable bonds is 18. The largest absolute Gasteiger partial charge is 0.390 e. The molecule has 2 atom stereocenters. The standard InChI is InChI=1S/C15H18N2O7.C15H16N2O7/c18-13(10-6-14(19)15(20)7-10)3-1-2-9-4-5-11(16(21)22)8-12(9)17(23)24;18-8-6-12(7-9-19)15(20)3-1-2-11-4-5-13(16(21)22)10-14(11)17(23)24/h4-5,8,10,14-15,19-20H,1-3,6-7H2;4-5,8-10,12H,1-3,6-7H2. The molecule has 1 aliphatic carbocycles. The maximum absolute atomic E-state index is 12.0. The lowest BCUT2D eigenvalue weighted by atomic mass is 9.93. The smallest absolute Gasteiger partial charge is 0.279 e. The van der Waals surface area contributed by atoms with Crippen molar-refractivity contribution in [2.75, 3.05) is 0 Å². The lowest BCUT2D eigenvalue weighted by molar-refractivity contribution is -0.394. The van der Waals surface area contributed by atoms with Crippen LogP contribution in [0.5, 0.6) is 0 Å². The zero-order valence-corrected chi connectivity index (χ0v) is 25.6. The van der Waals surface area contributed by atoms with Gasteiger partial charge >= 0.3 is 0 Å². The van der Waals surface area contributed by atoms with Crippen LogP contribution < -0.4 is 0 Å². The molecule has 2 aromatic rings. The van der Waals surface area contributed by atoms with Crippen molar-refractivity contribution in [2.24, 2.45) is 11.8 Å². The van der Waals surface area contributed by atoms with E-state index in [2.05, 4.69) is 0 Å². The first-order chi connectivity index (χ1) is 22.7. The van der Waals surface area contributed by atoms with E-state index in [0.717, 1.165) is 12.1 Å². The van der Waals surface area contributed by atoms with Crippen molar-refractivity contribution in [3.8, 4) is 0 Å². The van der Waals surface area contributed by atoms with Gasteiger partial charge in [0.1, 0.15) is 24.1 Å². The number of benzene rings is 2. The maximum Gasteiger partial charge on any atom is 0.279 e. The fourth-order valence-corrected chi connectivity index (χ4v) is 5.26. The predicted octanol–water partition coefficient (Wildman–Crippen LogP) is 3.72. The van der Waals surface area contributed by atoms with Gasteiger partial charge in [-0.25, -0.2) is 0 Å². The molecule has 3 rings (SSSR count). The second-order valence-corrected chi connectivity index (χ2v) is 11.1. The first-order valence-electron chi connectivity index (χ1n) is 14.8. The number of aliphatic hydroxyl groups excluding tert-OH is 2. The van der Waals surface area contributed by atoms with Crippen LogP contribution >= 0.6 is 0 Å². The summed E-state index contributed by atoms with van der Waals surface area (Å²) in [6, 6.07) is 6.82. The number of carbonyl (C=O) groups is 4. The molecule has 0 aromatic heterocycles. The van der Waals surface area contributed by atoms with Gasteiger partial charge in [0.05, 0.1) is 44.0 Å². The molecular weight excluding hydrogens is 640 g/mol. The van der Waals surface area contributed by atoms with E-state index in [9.17, 15) is 69.8 Å². The van der Waals surface area contributed by atoms with E-state index in [0.29, 0.717) is 30.1 Å². The molecule has 1 aliphatic rings. The van der Waals surface area contributed by atoms with E-state index in [1.807, 2.05) is 0 Å². The molecule has 18 nitrogen and oxygen atoms in total. The monoisotopic (exact) mass is 674 g/mol. The zero-order chi connectivity index (χ0) is 36.0. The predicted molar refractivity (Wildman–Crippen MR) is 165 cm³/mol. The highest BCUT2D eigenvalue weighted by Crippen LogP contribution is 2.30. The SMILES string of the molecule is O=C(CCCc1ccc([N+](=O)[O-])cc1[N+](=O)[O-])C1CC(O)C(O)C1.O=CCC(CC=O)C(=O)CCCc1ccc([N+](=O)[O-])cc1[N+](=O)[O-]. The molecule has 48 heavy (non-hydrogen) atoms. The van der Waals surface area contributed by atoms with Gasteiger partial charge in [0.25, 0.3) is 22.7 Å². The Hall–Kier alpha value is -5.36. The van der Waals surface area contributed by atoms with Crippen molar-refractivity contribution in [3.63, 3.8) is 0 Å². The van der Waals surface area contributed by atoms with Crippen LogP contribution in [0.3, 0.4) is 0 Å². The molecule has 2 N–H and O–H groups in total. The van der Waals surface area contributed by atoms with Gasteiger partial charge in [-0.05, 0) is 50.7 Å². The average Bonchev–Trinajstić information content (AvgIpc) is 3.38. The average molecular weight is 675 g/mol. The Bertz CT molecular complexity index is 1530. The zero-order valence-electron chi connectivity index (χ0n) is 25.6. The summed E-state index contributed by atoms with van der Waals surface area (Å²) in [6.45, 7) is 0. The van der Waals surface area contributed by atoms with E-state index in [-0.39, 0.29) is 98.0 Å². The van der Waals surface area contributed by atoms with Crippen molar-refractivity contribution in [1.82, 2.24) is 0 Å². The molecule has 0 heterocycles. The van der Waals surface area contributed by atoms with Crippen LogP contribution in [0.15, 0.2) is 36.4 Å². The third-order valence-electron chi connectivity index (χ3n) is 7.86. The van der Waals surface area contributed by atoms with Crippen LogP contribution in [-0.2, 0) is 32.0 Å². The Morgan fingerprint density at radius 1 is 0.708 bits per heavy atom. The minimum Gasteiger partial charge on any atom is -0.390 e. The van der Waals surface area contributed by atoms with E-state index >= 15 is 0 Å². The van der Waals surface area contributed by atoms with Crippen molar-refractivity contribution >= 4 is 46.9 Å². The molecule has 0 amide bonds. The quantitative estimate of drug-likeness (QED) is 0.129. The number of aldehydes is 2. The Kier molecular flexibility index (Phi) is 15.1. The van der Waals surface area contributed by atoms with Crippen LogP contribution in [0.25, 0.3) is 0 Å². The highest BCUT2D eigenvalue weighted by molar-refractivity contribution is 5.85. The molecule has 0 aliphatic heterocycles. The van der Waals surface area contributed by atoms with Crippen LogP contribution in [0.2, 0.25) is 0 Å². The molecule has 2 unspecified atom stereocenters. The number of hydrogen-bond donors (Lipinski definition) is 2. The van der Waals surface area contributed by atoms with Crippen molar-refractivity contribution in [3.05, 3.63) is 88.0 Å². The maximum atomic E-state index is 12.0. The molecule has 0 bridgehead atoms. The van der Waals surface area contributed by atoms with Crippen LogP contribution in [-0.4, -0.2) is 66.3 Å². The molecule has 0 saturated heterocycles. The summed E-state index contributed by atoms with van der Waals surface area (Å²) in [6.07, 6.45) is 1.13. The second kappa shape index (κ2) is 18.7. The van der Waals surface area contributed by atoms with Crippen LogP contribution in [0.1, 0.15) is 62.5 Å². The van der Waals surface area contributed by atoms with Gasteiger partial charge in [0, 0.05) is 60.8 Å². The van der Waals surface area contributed by atoms with Gasteiger partial charge in [-0.1, -0.05) is 0 Å². The first-order valence-corrected chi connectivity index (χ1v) is 14.8. The first kappa shape index (κ1) is 38.8. The van der Waals surface area contributed by atoms with E-state index in [1.54, 1.807) is 0 Å². The number of nitrogens with zero attached hydrogens (tertiary/aromatic N) is 4. The van der Waals surface area contributed by atoms with Crippen molar-refractivity contribution in [1.29, 1.82) is 0 Å². The summed E-state index contributed by atoms with van der Waals surface area (Å²) in [5.41, 5.74) is -0.794. The number of non-ortho nitro benzene ring substituents is 2. The number of aryl methyl sites for hydroxylation is 2. The second-order valence-electron chi connectivity index (χ2n) is 11.1. The molecular formula is C30H34N4O14. The topological polar surface area (TPSA) is 281 Å². The summed E-state index contributed by atoms with van der Waals surface area (Å²) < 4.78 is 0. The highest BCUT2D eigenvalue weighted by Gasteiger charge is 2.35. The third-order valence-corrected chi connectivity index (χ3v) is 7.86. The summed E-state index contributed by atoms with van der Waals surface area (Å²) in [5, 5.41) is 62.3. The Morgan fingerprint density at radius 2 is 1.12 bits per heavy atom. The minimum atomic E-state index is -0.880. The highest BCUT2D eigenvalue weighted by atomic mass is 16.6.